The summed E-state index contributed by atoms with van der Waals surface area (Å²) in [5.41, 5.74) is 0.891. The first kappa shape index (κ1) is 19.7. The number of hydrogen-bond acceptors (Lipinski definition) is 5. The summed E-state index contributed by atoms with van der Waals surface area (Å²) in [6, 6.07) is 5.14. The fourth-order valence-electron chi connectivity index (χ4n) is 3.77. The van der Waals surface area contributed by atoms with Crippen LogP contribution in [0.5, 0.6) is 5.75 Å². The zero-order valence-electron chi connectivity index (χ0n) is 15.8. The van der Waals surface area contributed by atoms with E-state index in [9.17, 15) is 19.3 Å². The average Bonchev–Trinajstić information content (AvgIpc) is 3.15. The van der Waals surface area contributed by atoms with Crippen LogP contribution in [0.1, 0.15) is 42.5 Å². The maximum atomic E-state index is 12.9. The van der Waals surface area contributed by atoms with Gasteiger partial charge in [-0.15, -0.1) is 4.91 Å². The number of nitrogens with one attached hydrogen (secondary N) is 1. The number of fused-ring (bicyclic) bond motifs is 1. The Hall–Kier alpha value is -3.03. The second-order valence-corrected chi connectivity index (χ2v) is 7.12. The van der Waals surface area contributed by atoms with Crippen molar-refractivity contribution >= 4 is 28.5 Å². The molecule has 0 bridgehead atoms. The van der Waals surface area contributed by atoms with Crippen LogP contribution in [0.4, 0.5) is 0 Å². The van der Waals surface area contributed by atoms with Gasteiger partial charge in [0, 0.05) is 34.9 Å². The third-order valence-electron chi connectivity index (χ3n) is 5.25. The molecule has 1 fully saturated rings. The molecule has 0 radical (unpaired) electrons. The highest BCUT2D eigenvalue weighted by Crippen LogP contribution is 2.26. The molecule has 1 aliphatic rings. The number of ether oxygens (including phenoxy) is 1. The van der Waals surface area contributed by atoms with Crippen LogP contribution in [0.15, 0.2) is 29.6 Å². The summed E-state index contributed by atoms with van der Waals surface area (Å²) in [7, 11) is 1.54. The van der Waals surface area contributed by atoms with Crippen LogP contribution in [-0.4, -0.2) is 47.7 Å². The van der Waals surface area contributed by atoms with E-state index in [-0.39, 0.29) is 18.0 Å². The van der Waals surface area contributed by atoms with Gasteiger partial charge in [0.05, 0.1) is 12.7 Å². The Morgan fingerprint density at radius 1 is 1.21 bits per heavy atom. The fraction of sp³-hybridized carbons (Fsp3) is 0.450. The molecule has 3 rings (SSSR count). The number of benzene rings is 1. The molecule has 1 N–H and O–H groups in total. The smallest absolute Gasteiger partial charge is 0.305 e. The number of aromatic amines is 1. The van der Waals surface area contributed by atoms with E-state index in [0.29, 0.717) is 16.7 Å². The third kappa shape index (κ3) is 4.27. The normalized spacial score (nSPS) is 14.6. The molecule has 1 aromatic heterocycles. The third-order valence-corrected chi connectivity index (χ3v) is 5.25. The zero-order chi connectivity index (χ0) is 20.1. The second kappa shape index (κ2) is 8.77. The average molecular weight is 385 g/mol. The predicted octanol–water partition coefficient (Wildman–Crippen LogP) is 3.06. The predicted molar refractivity (Wildman–Crippen MR) is 103 cm³/mol. The van der Waals surface area contributed by atoms with E-state index < -0.39 is 24.1 Å². The van der Waals surface area contributed by atoms with E-state index in [1.807, 2.05) is 0 Å². The molecule has 1 saturated carbocycles. The molecule has 8 nitrogen and oxygen atoms in total. The largest absolute Gasteiger partial charge is 0.497 e. The number of carbonyl (C=O) groups is 3. The van der Waals surface area contributed by atoms with Crippen molar-refractivity contribution in [1.29, 1.82) is 0 Å². The maximum Gasteiger partial charge on any atom is 0.305 e. The van der Waals surface area contributed by atoms with Gasteiger partial charge >= 0.3 is 5.91 Å². The Morgan fingerprint density at radius 3 is 2.64 bits per heavy atom. The Kier molecular flexibility index (Phi) is 6.18. The van der Waals surface area contributed by atoms with Crippen LogP contribution < -0.4 is 4.74 Å². The lowest BCUT2D eigenvalue weighted by Crippen LogP contribution is -2.42. The van der Waals surface area contributed by atoms with Gasteiger partial charge in [0.1, 0.15) is 12.3 Å². The van der Waals surface area contributed by atoms with Crippen LogP contribution >= 0.6 is 0 Å². The molecular weight excluding hydrogens is 362 g/mol. The molecule has 1 aliphatic carbocycles. The molecule has 2 amide bonds. The van der Waals surface area contributed by atoms with Gasteiger partial charge in [-0.1, -0.05) is 19.3 Å². The minimum atomic E-state index is -0.958. The van der Waals surface area contributed by atoms with Gasteiger partial charge < -0.3 is 14.6 Å². The van der Waals surface area contributed by atoms with Crippen molar-refractivity contribution in [1.82, 2.24) is 9.88 Å². The van der Waals surface area contributed by atoms with E-state index in [0.717, 1.165) is 32.1 Å². The molecule has 1 aromatic carbocycles. The summed E-state index contributed by atoms with van der Waals surface area (Å²) in [4.78, 5) is 52.0. The minimum Gasteiger partial charge on any atom is -0.497 e. The van der Waals surface area contributed by atoms with Crippen LogP contribution in [0.2, 0.25) is 0 Å². The lowest BCUT2D eigenvalue weighted by molar-refractivity contribution is -0.132. The number of nitroso groups, excluding NO2 is 1. The van der Waals surface area contributed by atoms with Crippen molar-refractivity contribution in [2.24, 2.45) is 11.1 Å². The molecule has 8 heteroatoms. The first-order chi connectivity index (χ1) is 13.5. The van der Waals surface area contributed by atoms with E-state index in [2.05, 4.69) is 10.2 Å². The number of nitrogens with zero attached hydrogens (tertiary/aromatic N) is 2. The van der Waals surface area contributed by atoms with Crippen molar-refractivity contribution in [3.05, 3.63) is 34.9 Å². The van der Waals surface area contributed by atoms with Gasteiger partial charge in [-0.05, 0) is 30.9 Å². The van der Waals surface area contributed by atoms with Gasteiger partial charge in [-0.2, -0.15) is 0 Å². The topological polar surface area (TPSA) is 109 Å². The molecule has 2 aromatic rings. The van der Waals surface area contributed by atoms with Gasteiger partial charge in [0.2, 0.25) is 0 Å². The van der Waals surface area contributed by atoms with Crippen molar-refractivity contribution in [2.45, 2.75) is 32.1 Å². The van der Waals surface area contributed by atoms with Crippen molar-refractivity contribution in [2.75, 3.05) is 20.2 Å². The molecule has 1 heterocycles. The Morgan fingerprint density at radius 2 is 1.96 bits per heavy atom. The maximum absolute atomic E-state index is 12.9. The van der Waals surface area contributed by atoms with Gasteiger partial charge in [-0.25, -0.2) is 0 Å². The number of hydrogen-bond donors (Lipinski definition) is 1. The Balaban J connectivity index is 1.83. The number of Topliss-reactive ketones (excluding diaryl/α,β-unsaturated/α-hetero) is 1. The molecule has 0 aliphatic heterocycles. The summed E-state index contributed by atoms with van der Waals surface area (Å²) in [5.74, 6) is -1.62. The van der Waals surface area contributed by atoms with Crippen LogP contribution in [0.3, 0.4) is 0 Å². The zero-order valence-corrected chi connectivity index (χ0v) is 15.8. The highest BCUT2D eigenvalue weighted by Gasteiger charge is 2.29. The summed E-state index contributed by atoms with van der Waals surface area (Å²) < 4.78 is 5.16. The quantitative estimate of drug-likeness (QED) is 0.447. The number of ketones is 1. The molecule has 0 saturated heterocycles. The molecule has 0 unspecified atom stereocenters. The fourth-order valence-corrected chi connectivity index (χ4v) is 3.77. The van der Waals surface area contributed by atoms with Crippen LogP contribution in [0.25, 0.3) is 10.9 Å². The van der Waals surface area contributed by atoms with Crippen molar-refractivity contribution in [3.63, 3.8) is 0 Å². The summed E-state index contributed by atoms with van der Waals surface area (Å²) in [6.45, 7) is -0.192. The highest BCUT2D eigenvalue weighted by molar-refractivity contribution is 6.45. The monoisotopic (exact) mass is 385 g/mol. The number of H-pyrrole nitrogens is 1. The van der Waals surface area contributed by atoms with Crippen LogP contribution in [0, 0.1) is 10.8 Å². The lowest BCUT2D eigenvalue weighted by atomic mass is 9.89. The SMILES string of the molecule is COc1ccc2c(C(=O)C(=O)N(CC(=O)N=O)CC3CCCCC3)c[nH]c2c1. The van der Waals surface area contributed by atoms with Gasteiger partial charge in [0.15, 0.2) is 0 Å². The Labute approximate surface area is 162 Å². The minimum absolute atomic E-state index is 0.220. The number of aromatic nitrogens is 1. The molecule has 148 valence electrons. The molecule has 0 spiro atoms. The molecule has 0 atom stereocenters. The number of rotatable bonds is 7. The molecule has 28 heavy (non-hydrogen) atoms. The summed E-state index contributed by atoms with van der Waals surface area (Å²) in [6.07, 6.45) is 6.62. The Bertz CT molecular complexity index is 898. The first-order valence-corrected chi connectivity index (χ1v) is 9.38. The second-order valence-electron chi connectivity index (χ2n) is 7.12. The standard InChI is InChI=1S/C20H23N3O5/c1-28-14-7-8-15-16(10-21-17(15)9-14)19(25)20(26)23(12-18(24)22-27)11-13-5-3-2-4-6-13/h7-10,13,21H,2-6,11-12H2,1H3. The van der Waals surface area contributed by atoms with E-state index >= 15 is 0 Å². The number of carbonyl (C=O) groups excluding carboxylic acids is 3. The first-order valence-electron chi connectivity index (χ1n) is 9.38. The van der Waals surface area contributed by atoms with E-state index in [4.69, 9.17) is 4.74 Å². The van der Waals surface area contributed by atoms with Crippen molar-refractivity contribution in [3.8, 4) is 5.75 Å². The van der Waals surface area contributed by atoms with Gasteiger partial charge in [-0.3, -0.25) is 14.4 Å². The van der Waals surface area contributed by atoms with Crippen LogP contribution in [-0.2, 0) is 9.59 Å². The number of methoxy groups -OCH3 is 1. The highest BCUT2D eigenvalue weighted by atomic mass is 16.5. The van der Waals surface area contributed by atoms with E-state index in [1.54, 1.807) is 25.3 Å². The van der Waals surface area contributed by atoms with E-state index in [1.165, 1.54) is 11.1 Å². The van der Waals surface area contributed by atoms with Crippen molar-refractivity contribution < 1.29 is 19.1 Å². The summed E-state index contributed by atoms with van der Waals surface area (Å²) in [5, 5.41) is 2.97. The number of amides is 2. The van der Waals surface area contributed by atoms with Gasteiger partial charge in [0.25, 0.3) is 11.7 Å². The summed E-state index contributed by atoms with van der Waals surface area (Å²) >= 11 is 0. The molecular formula is C20H23N3O5. The lowest BCUT2D eigenvalue weighted by Gasteiger charge is -2.28.